The number of rotatable bonds is 1. The molecule has 5 heteroatoms. The molecule has 0 amide bonds. The van der Waals surface area contributed by atoms with Gasteiger partial charge in [0.2, 0.25) is 0 Å². The van der Waals surface area contributed by atoms with Gasteiger partial charge in [0.05, 0.1) is 11.0 Å². The van der Waals surface area contributed by atoms with Crippen LogP contribution in [0.25, 0.3) is 16.4 Å². The minimum absolute atomic E-state index is 0.155. The van der Waals surface area contributed by atoms with Crippen LogP contribution in [0.1, 0.15) is 17.4 Å². The minimum atomic E-state index is -0.341. The fourth-order valence-electron chi connectivity index (χ4n) is 1.88. The van der Waals surface area contributed by atoms with Crippen molar-refractivity contribution < 1.29 is 4.79 Å². The van der Waals surface area contributed by atoms with Gasteiger partial charge in [0.25, 0.3) is 0 Å². The highest BCUT2D eigenvalue weighted by Crippen LogP contribution is 2.16. The van der Waals surface area contributed by atoms with Gasteiger partial charge in [0, 0.05) is 12.3 Å². The third kappa shape index (κ3) is 1.36. The number of H-pyrrole nitrogens is 1. The molecule has 84 valence electrons. The second-order valence-electron chi connectivity index (χ2n) is 3.86. The van der Waals surface area contributed by atoms with E-state index in [0.29, 0.717) is 11.2 Å². The number of Topliss-reactive ketones (excluding diaryl/α,β-unsaturated/α-hetero) is 1. The first-order valence-electron chi connectivity index (χ1n) is 5.18. The Kier molecular flexibility index (Phi) is 1.89. The molecule has 0 saturated heterocycles. The molecule has 0 atom stereocenters. The molecule has 0 bridgehead atoms. The molecule has 0 spiro atoms. The molecule has 0 fully saturated rings. The zero-order chi connectivity index (χ0) is 12.0. The highest BCUT2D eigenvalue weighted by molar-refractivity contribution is 5.98. The fourth-order valence-corrected chi connectivity index (χ4v) is 1.88. The maximum atomic E-state index is 11.8. The molecule has 0 aliphatic heterocycles. The van der Waals surface area contributed by atoms with Gasteiger partial charge in [-0.2, -0.15) is 9.61 Å². The van der Waals surface area contributed by atoms with E-state index in [4.69, 9.17) is 0 Å². The van der Waals surface area contributed by atoms with E-state index in [9.17, 15) is 9.59 Å². The number of carbonyl (C=O) groups excluding carboxylic acids is 1. The lowest BCUT2D eigenvalue weighted by Gasteiger charge is -1.98. The van der Waals surface area contributed by atoms with Crippen molar-refractivity contribution in [3.05, 3.63) is 46.5 Å². The number of aromatic amines is 1. The van der Waals surface area contributed by atoms with Gasteiger partial charge in [0.15, 0.2) is 5.78 Å². The Bertz CT molecular complexity index is 798. The van der Waals surface area contributed by atoms with Crippen LogP contribution in [0.5, 0.6) is 0 Å². The first kappa shape index (κ1) is 9.77. The van der Waals surface area contributed by atoms with Crippen LogP contribution in [0.15, 0.2) is 35.1 Å². The van der Waals surface area contributed by atoms with Gasteiger partial charge in [0.1, 0.15) is 5.69 Å². The van der Waals surface area contributed by atoms with Crippen LogP contribution in [-0.2, 0) is 0 Å². The van der Waals surface area contributed by atoms with Gasteiger partial charge in [-0.05, 0) is 12.1 Å². The monoisotopic (exact) mass is 227 g/mol. The Balaban J connectivity index is 2.56. The van der Waals surface area contributed by atoms with Crippen molar-refractivity contribution in [2.24, 2.45) is 0 Å². The molecule has 0 radical (unpaired) electrons. The summed E-state index contributed by atoms with van der Waals surface area (Å²) in [4.78, 5) is 25.8. The summed E-state index contributed by atoms with van der Waals surface area (Å²) in [5.74, 6) is -0.155. The smallest absolute Gasteiger partial charge is 0.305 e. The molecule has 2 heterocycles. The Hall–Kier alpha value is -2.43. The van der Waals surface area contributed by atoms with Gasteiger partial charge in [-0.25, -0.2) is 4.79 Å². The van der Waals surface area contributed by atoms with Gasteiger partial charge in [-0.1, -0.05) is 18.2 Å². The van der Waals surface area contributed by atoms with Crippen LogP contribution in [0, 0.1) is 0 Å². The summed E-state index contributed by atoms with van der Waals surface area (Å²) in [7, 11) is 0. The Labute approximate surface area is 95.7 Å². The summed E-state index contributed by atoms with van der Waals surface area (Å²) in [5.41, 5.74) is 1.34. The van der Waals surface area contributed by atoms with Crippen molar-refractivity contribution in [1.82, 2.24) is 14.6 Å². The number of benzene rings is 1. The third-order valence-electron chi connectivity index (χ3n) is 2.71. The highest BCUT2D eigenvalue weighted by atomic mass is 16.1. The summed E-state index contributed by atoms with van der Waals surface area (Å²) in [6.45, 7) is 1.43. The number of aromatic nitrogens is 3. The van der Waals surface area contributed by atoms with Crippen LogP contribution < -0.4 is 5.69 Å². The Morgan fingerprint density at radius 3 is 2.88 bits per heavy atom. The van der Waals surface area contributed by atoms with E-state index in [0.717, 1.165) is 10.9 Å². The standard InChI is InChI=1S/C12H9N3O2/c1-7(16)10-6-11-8-4-2-3-5-9(8)13-12(17)15(11)14-10/h2-6H,1H3,(H,13,17). The van der Waals surface area contributed by atoms with Gasteiger partial charge >= 0.3 is 5.69 Å². The van der Waals surface area contributed by atoms with Crippen molar-refractivity contribution in [2.75, 3.05) is 0 Å². The number of carbonyl (C=O) groups is 1. The molecular weight excluding hydrogens is 218 g/mol. The molecule has 17 heavy (non-hydrogen) atoms. The molecule has 3 rings (SSSR count). The lowest BCUT2D eigenvalue weighted by molar-refractivity contribution is 0.101. The number of ketones is 1. The van der Waals surface area contributed by atoms with Crippen LogP contribution in [0.4, 0.5) is 0 Å². The summed E-state index contributed by atoms with van der Waals surface area (Å²) in [6.07, 6.45) is 0. The SMILES string of the molecule is CC(=O)c1cc2c3ccccc3[nH]c(=O)n2n1. The van der Waals surface area contributed by atoms with Crippen molar-refractivity contribution in [3.8, 4) is 0 Å². The first-order valence-corrected chi connectivity index (χ1v) is 5.18. The van der Waals surface area contributed by atoms with Gasteiger partial charge in [-0.15, -0.1) is 0 Å². The predicted octanol–water partition coefficient (Wildman–Crippen LogP) is 1.38. The maximum absolute atomic E-state index is 11.8. The van der Waals surface area contributed by atoms with E-state index in [2.05, 4.69) is 10.1 Å². The van der Waals surface area contributed by atoms with Crippen LogP contribution in [-0.4, -0.2) is 20.4 Å². The molecule has 1 aromatic carbocycles. The average molecular weight is 227 g/mol. The molecule has 1 N–H and O–H groups in total. The summed E-state index contributed by atoms with van der Waals surface area (Å²) < 4.78 is 1.22. The second-order valence-corrected chi connectivity index (χ2v) is 3.86. The van der Waals surface area contributed by atoms with E-state index in [1.54, 1.807) is 6.07 Å². The number of hydrogen-bond acceptors (Lipinski definition) is 3. The lowest BCUT2D eigenvalue weighted by Crippen LogP contribution is -2.17. The van der Waals surface area contributed by atoms with Crippen molar-refractivity contribution >= 4 is 22.2 Å². The molecule has 0 aliphatic carbocycles. The quantitative estimate of drug-likeness (QED) is 0.638. The molecule has 2 aromatic heterocycles. The molecule has 0 unspecified atom stereocenters. The normalized spacial score (nSPS) is 11.1. The number of fused-ring (bicyclic) bond motifs is 3. The van der Waals surface area contributed by atoms with E-state index in [-0.39, 0.29) is 11.5 Å². The van der Waals surface area contributed by atoms with E-state index >= 15 is 0 Å². The van der Waals surface area contributed by atoms with E-state index in [1.807, 2.05) is 24.3 Å². The van der Waals surface area contributed by atoms with Crippen molar-refractivity contribution in [1.29, 1.82) is 0 Å². The average Bonchev–Trinajstić information content (AvgIpc) is 2.75. The predicted molar refractivity (Wildman–Crippen MR) is 63.3 cm³/mol. The molecule has 0 aliphatic rings. The number of hydrogen-bond donors (Lipinski definition) is 1. The molecule has 3 aromatic rings. The summed E-state index contributed by atoms with van der Waals surface area (Å²) in [5, 5.41) is 4.85. The minimum Gasteiger partial charge on any atom is -0.305 e. The maximum Gasteiger partial charge on any atom is 0.347 e. The molecule has 0 saturated carbocycles. The number of nitrogens with one attached hydrogen (secondary N) is 1. The second kappa shape index (κ2) is 3.28. The van der Waals surface area contributed by atoms with Gasteiger partial charge in [-0.3, -0.25) is 4.79 Å². The Morgan fingerprint density at radius 2 is 2.12 bits per heavy atom. The largest absolute Gasteiger partial charge is 0.347 e. The van der Waals surface area contributed by atoms with Crippen LogP contribution >= 0.6 is 0 Å². The summed E-state index contributed by atoms with van der Waals surface area (Å²) in [6, 6.07) is 9.06. The zero-order valence-electron chi connectivity index (χ0n) is 9.10. The van der Waals surface area contributed by atoms with Crippen molar-refractivity contribution in [3.63, 3.8) is 0 Å². The van der Waals surface area contributed by atoms with Crippen LogP contribution in [0.3, 0.4) is 0 Å². The number of nitrogens with zero attached hydrogens (tertiary/aromatic N) is 2. The first-order chi connectivity index (χ1) is 8.16. The topological polar surface area (TPSA) is 67.2 Å². The van der Waals surface area contributed by atoms with Gasteiger partial charge < -0.3 is 4.98 Å². The fraction of sp³-hybridized carbons (Fsp3) is 0.0833. The van der Waals surface area contributed by atoms with Crippen LogP contribution in [0.2, 0.25) is 0 Å². The van der Waals surface area contributed by atoms with E-state index < -0.39 is 0 Å². The Morgan fingerprint density at radius 1 is 1.35 bits per heavy atom. The van der Waals surface area contributed by atoms with Crippen molar-refractivity contribution in [2.45, 2.75) is 6.92 Å². The summed E-state index contributed by atoms with van der Waals surface area (Å²) >= 11 is 0. The highest BCUT2D eigenvalue weighted by Gasteiger charge is 2.10. The van der Waals surface area contributed by atoms with E-state index in [1.165, 1.54) is 11.4 Å². The number of para-hydroxylation sites is 1. The molecular formula is C12H9N3O2. The third-order valence-corrected chi connectivity index (χ3v) is 2.71. The lowest BCUT2D eigenvalue weighted by atomic mass is 10.2. The molecule has 5 nitrogen and oxygen atoms in total. The zero-order valence-corrected chi connectivity index (χ0v) is 9.10.